The van der Waals surface area contributed by atoms with Crippen molar-refractivity contribution in [2.45, 2.75) is 6.18 Å². The summed E-state index contributed by atoms with van der Waals surface area (Å²) < 4.78 is 47.8. The number of ether oxygens (including phenoxy) is 2. The summed E-state index contributed by atoms with van der Waals surface area (Å²) in [7, 11) is 0. The molecule has 0 heterocycles. The van der Waals surface area contributed by atoms with E-state index in [0.717, 1.165) is 12.1 Å². The molecule has 0 aliphatic carbocycles. The van der Waals surface area contributed by atoms with Crippen LogP contribution in [0.25, 0.3) is 0 Å². The van der Waals surface area contributed by atoms with Gasteiger partial charge in [-0.2, -0.15) is 13.2 Å². The first-order valence-electron chi connectivity index (χ1n) is 5.64. The van der Waals surface area contributed by atoms with Gasteiger partial charge in [0, 0.05) is 0 Å². The maximum absolute atomic E-state index is 12.4. The molecule has 0 N–H and O–H groups in total. The third kappa shape index (κ3) is 3.81. The van der Waals surface area contributed by atoms with E-state index in [9.17, 15) is 13.2 Å². The van der Waals surface area contributed by atoms with Gasteiger partial charge in [0.2, 0.25) is 6.79 Å². The average molecular weight is 303 g/mol. The molecule has 2 rings (SSSR count). The van der Waals surface area contributed by atoms with Gasteiger partial charge in [0.05, 0.1) is 10.6 Å². The Kier molecular flexibility index (Phi) is 4.39. The number of alkyl halides is 3. The average Bonchev–Trinajstić information content (AvgIpc) is 2.40. The fourth-order valence-corrected chi connectivity index (χ4v) is 1.71. The summed E-state index contributed by atoms with van der Waals surface area (Å²) in [5, 5.41) is -0.114. The number of halogens is 4. The zero-order valence-electron chi connectivity index (χ0n) is 10.2. The molecule has 2 nitrogen and oxygen atoms in total. The van der Waals surface area contributed by atoms with E-state index in [2.05, 4.69) is 0 Å². The fraction of sp³-hybridized carbons (Fsp3) is 0.143. The molecule has 106 valence electrons. The maximum atomic E-state index is 12.4. The minimum absolute atomic E-state index is 0.114. The van der Waals surface area contributed by atoms with Gasteiger partial charge in [-0.05, 0) is 30.3 Å². The van der Waals surface area contributed by atoms with Gasteiger partial charge in [-0.3, -0.25) is 0 Å². The largest absolute Gasteiger partial charge is 0.458 e. The highest BCUT2D eigenvalue weighted by Gasteiger charge is 2.31. The van der Waals surface area contributed by atoms with Gasteiger partial charge in [0.1, 0.15) is 11.5 Å². The second-order valence-corrected chi connectivity index (χ2v) is 4.27. The third-order valence-corrected chi connectivity index (χ3v) is 2.74. The second kappa shape index (κ2) is 6.05. The van der Waals surface area contributed by atoms with Crippen LogP contribution >= 0.6 is 11.6 Å². The minimum Gasteiger partial charge on any atom is -0.458 e. The summed E-state index contributed by atoms with van der Waals surface area (Å²) in [5.74, 6) is 0.728. The number of para-hydroxylation sites is 1. The van der Waals surface area contributed by atoms with Crippen molar-refractivity contribution in [2.75, 3.05) is 6.79 Å². The Morgan fingerprint density at radius 2 is 1.65 bits per heavy atom. The van der Waals surface area contributed by atoms with Crippen molar-refractivity contribution in [3.05, 3.63) is 59.1 Å². The standard InChI is InChI=1S/C14H10ClF3O2/c15-12-8-10(14(16,17)18)6-7-13(12)20-9-19-11-4-2-1-3-5-11/h1-8H,9H2. The molecule has 0 saturated heterocycles. The van der Waals surface area contributed by atoms with Crippen molar-refractivity contribution >= 4 is 11.6 Å². The van der Waals surface area contributed by atoms with Crippen molar-refractivity contribution in [3.63, 3.8) is 0 Å². The molecule has 0 bridgehead atoms. The lowest BCUT2D eigenvalue weighted by Crippen LogP contribution is -2.08. The van der Waals surface area contributed by atoms with Crippen LogP contribution in [0, 0.1) is 0 Å². The topological polar surface area (TPSA) is 18.5 Å². The van der Waals surface area contributed by atoms with Gasteiger partial charge in [0.25, 0.3) is 0 Å². The van der Waals surface area contributed by atoms with E-state index in [0.29, 0.717) is 5.75 Å². The molecule has 0 aromatic heterocycles. The summed E-state index contributed by atoms with van der Waals surface area (Å²) >= 11 is 5.74. The van der Waals surface area contributed by atoms with Crippen LogP contribution in [0.1, 0.15) is 5.56 Å². The molecule has 0 saturated carbocycles. The van der Waals surface area contributed by atoms with Gasteiger partial charge in [-0.1, -0.05) is 29.8 Å². The molecule has 0 aliphatic heterocycles. The number of benzene rings is 2. The molecule has 0 aliphatic rings. The highest BCUT2D eigenvalue weighted by atomic mass is 35.5. The Morgan fingerprint density at radius 1 is 0.950 bits per heavy atom. The number of hydrogen-bond acceptors (Lipinski definition) is 2. The summed E-state index contributed by atoms with van der Waals surface area (Å²) in [5.41, 5.74) is -0.821. The highest BCUT2D eigenvalue weighted by molar-refractivity contribution is 6.32. The summed E-state index contributed by atoms with van der Waals surface area (Å²) in [6, 6.07) is 11.8. The van der Waals surface area contributed by atoms with Gasteiger partial charge in [0.15, 0.2) is 0 Å². The molecule has 0 fully saturated rings. The Labute approximate surface area is 118 Å². The van der Waals surface area contributed by atoms with Crippen LogP contribution in [0.3, 0.4) is 0 Å². The molecule has 0 unspecified atom stereocenters. The first-order valence-corrected chi connectivity index (χ1v) is 6.02. The molecule has 20 heavy (non-hydrogen) atoms. The van der Waals surface area contributed by atoms with Crippen molar-refractivity contribution in [3.8, 4) is 11.5 Å². The molecular formula is C14H10ClF3O2. The molecule has 0 radical (unpaired) electrons. The molecular weight excluding hydrogens is 293 g/mol. The summed E-state index contributed by atoms with van der Waals surface area (Å²) in [4.78, 5) is 0. The van der Waals surface area contributed by atoms with E-state index < -0.39 is 11.7 Å². The molecule has 0 spiro atoms. The SMILES string of the molecule is FC(F)(F)c1ccc(OCOc2ccccc2)c(Cl)c1. The van der Waals surface area contributed by atoms with E-state index in [1.807, 2.05) is 6.07 Å². The normalized spacial score (nSPS) is 11.2. The van der Waals surface area contributed by atoms with Crippen LogP contribution in [0.15, 0.2) is 48.5 Å². The van der Waals surface area contributed by atoms with Crippen molar-refractivity contribution in [1.82, 2.24) is 0 Å². The quantitative estimate of drug-likeness (QED) is 0.757. The number of rotatable bonds is 4. The van der Waals surface area contributed by atoms with Crippen LogP contribution in [-0.4, -0.2) is 6.79 Å². The monoisotopic (exact) mass is 302 g/mol. The lowest BCUT2D eigenvalue weighted by molar-refractivity contribution is -0.137. The van der Waals surface area contributed by atoms with Gasteiger partial charge < -0.3 is 9.47 Å². The lowest BCUT2D eigenvalue weighted by Gasteiger charge is -2.12. The summed E-state index contributed by atoms with van der Waals surface area (Å²) in [6.45, 7) is -0.144. The molecule has 2 aromatic carbocycles. The van der Waals surface area contributed by atoms with Gasteiger partial charge >= 0.3 is 6.18 Å². The van der Waals surface area contributed by atoms with E-state index in [-0.39, 0.29) is 17.6 Å². The van der Waals surface area contributed by atoms with Gasteiger partial charge in [-0.25, -0.2) is 0 Å². The first-order chi connectivity index (χ1) is 9.47. The van der Waals surface area contributed by atoms with Crippen LogP contribution in [-0.2, 0) is 6.18 Å². The van der Waals surface area contributed by atoms with E-state index in [4.69, 9.17) is 21.1 Å². The Hall–Kier alpha value is -1.88. The number of hydrogen-bond donors (Lipinski definition) is 0. The van der Waals surface area contributed by atoms with Crippen molar-refractivity contribution in [1.29, 1.82) is 0 Å². The third-order valence-electron chi connectivity index (χ3n) is 2.44. The van der Waals surface area contributed by atoms with E-state index in [1.54, 1.807) is 24.3 Å². The van der Waals surface area contributed by atoms with Crippen LogP contribution in [0.2, 0.25) is 5.02 Å². The second-order valence-electron chi connectivity index (χ2n) is 3.86. The van der Waals surface area contributed by atoms with Gasteiger partial charge in [-0.15, -0.1) is 0 Å². The molecule has 2 aromatic rings. The maximum Gasteiger partial charge on any atom is 0.416 e. The molecule has 0 amide bonds. The van der Waals surface area contributed by atoms with Crippen LogP contribution in [0.5, 0.6) is 11.5 Å². The Balaban J connectivity index is 1.97. The van der Waals surface area contributed by atoms with Crippen molar-refractivity contribution < 1.29 is 22.6 Å². The van der Waals surface area contributed by atoms with Crippen molar-refractivity contribution in [2.24, 2.45) is 0 Å². The van der Waals surface area contributed by atoms with Crippen LogP contribution in [0.4, 0.5) is 13.2 Å². The van der Waals surface area contributed by atoms with Crippen LogP contribution < -0.4 is 9.47 Å². The predicted molar refractivity (Wildman–Crippen MR) is 69.0 cm³/mol. The zero-order valence-corrected chi connectivity index (χ0v) is 10.9. The minimum atomic E-state index is -4.43. The lowest BCUT2D eigenvalue weighted by atomic mass is 10.2. The predicted octanol–water partition coefficient (Wildman–Crippen LogP) is 4.77. The molecule has 0 atom stereocenters. The zero-order chi connectivity index (χ0) is 14.6. The first kappa shape index (κ1) is 14.5. The van der Waals surface area contributed by atoms with E-state index in [1.165, 1.54) is 6.07 Å². The Bertz CT molecular complexity index is 570. The summed E-state index contributed by atoms with van der Waals surface area (Å²) in [6.07, 6.45) is -4.43. The fourth-order valence-electron chi connectivity index (χ4n) is 1.47. The van der Waals surface area contributed by atoms with E-state index >= 15 is 0 Å². The smallest absolute Gasteiger partial charge is 0.416 e. The molecule has 6 heteroatoms. The Morgan fingerprint density at radius 3 is 2.25 bits per heavy atom. The highest BCUT2D eigenvalue weighted by Crippen LogP contribution is 2.34.